The lowest BCUT2D eigenvalue weighted by atomic mass is 9.88. The highest BCUT2D eigenvalue weighted by Crippen LogP contribution is 2.38. The average Bonchev–Trinajstić information content (AvgIpc) is 3.58. The van der Waals surface area contributed by atoms with Crippen LogP contribution in [-0.2, 0) is 13.5 Å². The minimum Gasteiger partial charge on any atom is -0.303 e. The van der Waals surface area contributed by atoms with Crippen molar-refractivity contribution in [1.29, 1.82) is 0 Å². The fraction of sp³-hybridized carbons (Fsp3) is 0.273. The van der Waals surface area contributed by atoms with Gasteiger partial charge in [-0.15, -0.1) is 0 Å². The average molecular weight is 488 g/mol. The number of aromatic nitrogens is 4. The third kappa shape index (κ3) is 3.83. The molecule has 0 saturated heterocycles. The summed E-state index contributed by atoms with van der Waals surface area (Å²) in [5.41, 5.74) is 11.3. The molecule has 4 nitrogen and oxygen atoms in total. The van der Waals surface area contributed by atoms with E-state index < -0.39 is 0 Å². The summed E-state index contributed by atoms with van der Waals surface area (Å²) >= 11 is 0. The fourth-order valence-corrected chi connectivity index (χ4v) is 5.72. The molecule has 2 aromatic heterocycles. The minimum atomic E-state index is 0.378. The van der Waals surface area contributed by atoms with Crippen molar-refractivity contribution < 1.29 is 4.57 Å². The van der Waals surface area contributed by atoms with E-state index in [1.54, 1.807) is 0 Å². The first-order valence-corrected chi connectivity index (χ1v) is 13.3. The van der Waals surface area contributed by atoms with Crippen LogP contribution in [0.4, 0.5) is 0 Å². The summed E-state index contributed by atoms with van der Waals surface area (Å²) in [6.07, 6.45) is 9.64. The summed E-state index contributed by atoms with van der Waals surface area (Å²) in [7, 11) is 2.15. The highest BCUT2D eigenvalue weighted by molar-refractivity contribution is 5.85. The van der Waals surface area contributed by atoms with Gasteiger partial charge in [0.15, 0.2) is 0 Å². The van der Waals surface area contributed by atoms with Crippen LogP contribution in [-0.4, -0.2) is 14.1 Å². The molecule has 0 radical (unpaired) electrons. The van der Waals surface area contributed by atoms with Crippen LogP contribution in [0.2, 0.25) is 0 Å². The smallest absolute Gasteiger partial charge is 0.294 e. The second-order valence-corrected chi connectivity index (χ2v) is 10.9. The van der Waals surface area contributed by atoms with Crippen molar-refractivity contribution >= 4 is 17.2 Å². The largest absolute Gasteiger partial charge is 0.303 e. The maximum Gasteiger partial charge on any atom is 0.294 e. The molecule has 0 atom stereocenters. The van der Waals surface area contributed by atoms with Crippen molar-refractivity contribution in [2.75, 3.05) is 0 Å². The predicted octanol–water partition coefficient (Wildman–Crippen LogP) is 7.57. The predicted molar refractivity (Wildman–Crippen MR) is 153 cm³/mol. The number of allylic oxidation sites excluding steroid dienone is 1. The number of fused-ring (bicyclic) bond motifs is 3. The Morgan fingerprint density at radius 1 is 0.892 bits per heavy atom. The van der Waals surface area contributed by atoms with Gasteiger partial charge in [-0.3, -0.25) is 0 Å². The van der Waals surface area contributed by atoms with Crippen molar-refractivity contribution in [3.8, 4) is 28.2 Å². The summed E-state index contributed by atoms with van der Waals surface area (Å²) in [5, 5.41) is 0. The zero-order valence-electron chi connectivity index (χ0n) is 22.7. The SMILES string of the molecule is Cc1cc2nc3n(c2cc1-c1n(-c2c(C(C)C)cc(-c4ccccc4)cc2C(C)C)cc[n+]1C)C=CC3. The van der Waals surface area contributed by atoms with Gasteiger partial charge >= 0.3 is 0 Å². The molecule has 6 rings (SSSR count). The van der Waals surface area contributed by atoms with Crippen molar-refractivity contribution in [2.45, 2.75) is 52.9 Å². The lowest BCUT2D eigenvalue weighted by molar-refractivity contribution is -0.659. The second kappa shape index (κ2) is 8.88. The normalized spacial score (nSPS) is 12.9. The van der Waals surface area contributed by atoms with E-state index >= 15 is 0 Å². The van der Waals surface area contributed by atoms with Gasteiger partial charge in [0.05, 0.1) is 23.6 Å². The molecule has 1 aliphatic rings. The molecule has 3 aromatic carbocycles. The van der Waals surface area contributed by atoms with Crippen molar-refractivity contribution in [2.24, 2.45) is 7.05 Å². The number of benzene rings is 3. The molecule has 0 N–H and O–H groups in total. The molecule has 5 aromatic rings. The number of hydrogen-bond acceptors (Lipinski definition) is 1. The standard InChI is InChI=1S/C33H35N4/c1-21(2)26-18-25(24-11-8-7-9-12-24)19-27(22(3)4)32(26)37-16-15-35(6)33(37)28-20-30-29(17-23(28)5)34-31-13-10-14-36(30)31/h7-12,14-22H,13H2,1-6H3/q+1. The van der Waals surface area contributed by atoms with E-state index in [2.05, 4.69) is 135 Å². The lowest BCUT2D eigenvalue weighted by Crippen LogP contribution is -2.29. The first-order chi connectivity index (χ1) is 17.8. The zero-order valence-corrected chi connectivity index (χ0v) is 22.7. The van der Waals surface area contributed by atoms with Crippen LogP contribution in [0.15, 0.2) is 73.1 Å². The van der Waals surface area contributed by atoms with E-state index in [0.29, 0.717) is 11.8 Å². The Morgan fingerprint density at radius 2 is 1.59 bits per heavy atom. The van der Waals surface area contributed by atoms with Crippen molar-refractivity contribution in [1.82, 2.24) is 14.1 Å². The molecular formula is C33H35N4+. The molecular weight excluding hydrogens is 452 g/mol. The molecule has 0 bridgehead atoms. The maximum atomic E-state index is 4.88. The Hall–Kier alpha value is -3.92. The van der Waals surface area contributed by atoms with Gasteiger partial charge in [0.1, 0.15) is 23.9 Å². The molecule has 0 fully saturated rings. The Labute approximate surface area is 219 Å². The van der Waals surface area contributed by atoms with Crippen LogP contribution in [0.3, 0.4) is 0 Å². The van der Waals surface area contributed by atoms with E-state index in [-0.39, 0.29) is 0 Å². The fourth-order valence-electron chi connectivity index (χ4n) is 5.72. The topological polar surface area (TPSA) is 26.6 Å². The molecule has 0 amide bonds. The van der Waals surface area contributed by atoms with Gasteiger partial charge in [-0.2, -0.15) is 4.57 Å². The molecule has 0 saturated carbocycles. The Kier molecular flexibility index (Phi) is 5.63. The summed E-state index contributed by atoms with van der Waals surface area (Å²) in [4.78, 5) is 4.88. The first-order valence-electron chi connectivity index (χ1n) is 13.3. The zero-order chi connectivity index (χ0) is 25.8. The van der Waals surface area contributed by atoms with Crippen LogP contribution in [0.1, 0.15) is 62.0 Å². The molecule has 0 unspecified atom stereocenters. The highest BCUT2D eigenvalue weighted by atomic mass is 15.1. The Bertz CT molecular complexity index is 1630. The summed E-state index contributed by atoms with van der Waals surface area (Å²) in [5.74, 6) is 3.06. The van der Waals surface area contributed by atoms with Crippen LogP contribution in [0.5, 0.6) is 0 Å². The number of hydrogen-bond donors (Lipinski definition) is 0. The van der Waals surface area contributed by atoms with Crippen LogP contribution in [0.25, 0.3) is 45.4 Å². The van der Waals surface area contributed by atoms with E-state index in [1.807, 2.05) is 0 Å². The number of rotatable bonds is 5. The number of aryl methyl sites for hydroxylation is 2. The van der Waals surface area contributed by atoms with E-state index in [4.69, 9.17) is 4.98 Å². The third-order valence-electron chi connectivity index (χ3n) is 7.67. The first kappa shape index (κ1) is 23.5. The van der Waals surface area contributed by atoms with Crippen molar-refractivity contribution in [3.63, 3.8) is 0 Å². The molecule has 37 heavy (non-hydrogen) atoms. The van der Waals surface area contributed by atoms with Gasteiger partial charge in [-0.1, -0.05) is 64.1 Å². The Morgan fingerprint density at radius 3 is 2.27 bits per heavy atom. The van der Waals surface area contributed by atoms with Gasteiger partial charge in [0.2, 0.25) is 0 Å². The van der Waals surface area contributed by atoms with Gasteiger partial charge in [0.25, 0.3) is 5.82 Å². The summed E-state index contributed by atoms with van der Waals surface area (Å²) in [6, 6.07) is 20.1. The summed E-state index contributed by atoms with van der Waals surface area (Å²) in [6.45, 7) is 11.4. The van der Waals surface area contributed by atoms with E-state index in [0.717, 1.165) is 17.8 Å². The molecule has 0 aliphatic carbocycles. The van der Waals surface area contributed by atoms with Gasteiger partial charge < -0.3 is 4.57 Å². The van der Waals surface area contributed by atoms with E-state index in [1.165, 1.54) is 50.4 Å². The maximum absolute atomic E-state index is 4.88. The van der Waals surface area contributed by atoms with Crippen LogP contribution in [0, 0.1) is 6.92 Å². The molecule has 0 spiro atoms. The third-order valence-corrected chi connectivity index (χ3v) is 7.67. The van der Waals surface area contributed by atoms with Gasteiger partial charge in [0, 0.05) is 23.7 Å². The van der Waals surface area contributed by atoms with Crippen LogP contribution >= 0.6 is 0 Å². The second-order valence-electron chi connectivity index (χ2n) is 10.9. The van der Waals surface area contributed by atoms with E-state index in [9.17, 15) is 0 Å². The van der Waals surface area contributed by atoms with Gasteiger partial charge in [-0.25, -0.2) is 9.55 Å². The van der Waals surface area contributed by atoms with Gasteiger partial charge in [-0.05, 0) is 59.7 Å². The number of nitrogens with zero attached hydrogens (tertiary/aromatic N) is 4. The highest BCUT2D eigenvalue weighted by Gasteiger charge is 2.28. The van der Waals surface area contributed by atoms with Crippen LogP contribution < -0.4 is 4.57 Å². The summed E-state index contributed by atoms with van der Waals surface area (Å²) < 4.78 is 6.91. The van der Waals surface area contributed by atoms with Crippen molar-refractivity contribution in [3.05, 3.63) is 95.6 Å². The minimum absolute atomic E-state index is 0.378. The Balaban J connectivity index is 1.62. The quantitative estimate of drug-likeness (QED) is 0.235. The monoisotopic (exact) mass is 487 g/mol. The molecule has 4 heteroatoms. The molecule has 3 heterocycles. The molecule has 186 valence electrons. The number of imidazole rings is 2. The lowest BCUT2D eigenvalue weighted by Gasteiger charge is -2.20. The molecule has 1 aliphatic heterocycles.